The van der Waals surface area contributed by atoms with Crippen molar-refractivity contribution < 1.29 is 9.59 Å². The van der Waals surface area contributed by atoms with Gasteiger partial charge in [-0.2, -0.15) is 0 Å². The van der Waals surface area contributed by atoms with Gasteiger partial charge in [-0.1, -0.05) is 0 Å². The second-order valence-corrected chi connectivity index (χ2v) is 3.58. The largest absolute Gasteiger partial charge is 0.372 e. The number of nitrogens with two attached hydrogens (primary N) is 1. The van der Waals surface area contributed by atoms with Crippen LogP contribution in [0.15, 0.2) is 12.4 Å². The molecule has 4 N–H and O–H groups in total. The quantitative estimate of drug-likeness (QED) is 0.640. The lowest BCUT2D eigenvalue weighted by Gasteiger charge is -2.11. The van der Waals surface area contributed by atoms with E-state index in [1.54, 1.807) is 14.0 Å². The lowest BCUT2D eigenvalue weighted by molar-refractivity contribution is -0.118. The van der Waals surface area contributed by atoms with E-state index in [2.05, 4.69) is 20.6 Å². The molecule has 0 aliphatic carbocycles. The van der Waals surface area contributed by atoms with Crippen LogP contribution in [0.25, 0.3) is 0 Å². The maximum absolute atomic E-state index is 11.7. The van der Waals surface area contributed by atoms with Gasteiger partial charge in [0.1, 0.15) is 11.5 Å². The summed E-state index contributed by atoms with van der Waals surface area (Å²) in [5, 5.41) is 5.39. The smallest absolute Gasteiger partial charge is 0.271 e. The predicted octanol–water partition coefficient (Wildman–Crippen LogP) is -0.488. The average Bonchev–Trinajstić information content (AvgIpc) is 2.27. The molecule has 0 aliphatic heterocycles. The molecule has 0 saturated heterocycles. The Morgan fingerprint density at radius 1 is 1.47 bits per heavy atom. The van der Waals surface area contributed by atoms with Crippen LogP contribution >= 0.6 is 0 Å². The van der Waals surface area contributed by atoms with E-state index in [4.69, 9.17) is 5.73 Å². The Balaban J connectivity index is 2.66. The van der Waals surface area contributed by atoms with Crippen molar-refractivity contribution in [1.82, 2.24) is 15.3 Å². The normalized spacial score (nSPS) is 11.6. The zero-order valence-electron chi connectivity index (χ0n) is 9.73. The Labute approximate surface area is 98.8 Å². The van der Waals surface area contributed by atoms with Crippen molar-refractivity contribution in [3.05, 3.63) is 18.1 Å². The van der Waals surface area contributed by atoms with Gasteiger partial charge in [0.05, 0.1) is 12.4 Å². The van der Waals surface area contributed by atoms with E-state index in [0.29, 0.717) is 5.82 Å². The van der Waals surface area contributed by atoms with Gasteiger partial charge in [0.2, 0.25) is 5.91 Å². The van der Waals surface area contributed by atoms with Crippen molar-refractivity contribution in [1.29, 1.82) is 0 Å². The Kier molecular flexibility index (Phi) is 4.38. The number of carbonyl (C=O) groups is 2. The number of aromatic nitrogens is 2. The summed E-state index contributed by atoms with van der Waals surface area (Å²) in [6.07, 6.45) is 2.95. The van der Waals surface area contributed by atoms with Gasteiger partial charge >= 0.3 is 0 Å². The Hall–Kier alpha value is -2.18. The van der Waals surface area contributed by atoms with Crippen molar-refractivity contribution in [2.24, 2.45) is 5.73 Å². The van der Waals surface area contributed by atoms with Crippen molar-refractivity contribution in [2.45, 2.75) is 19.4 Å². The summed E-state index contributed by atoms with van der Waals surface area (Å²) in [4.78, 5) is 30.3. The molecule has 1 atom stereocenters. The highest BCUT2D eigenvalue weighted by molar-refractivity contribution is 5.92. The van der Waals surface area contributed by atoms with Crippen LogP contribution in [0.3, 0.4) is 0 Å². The van der Waals surface area contributed by atoms with Crippen LogP contribution in [0.5, 0.6) is 0 Å². The summed E-state index contributed by atoms with van der Waals surface area (Å²) in [7, 11) is 1.68. The summed E-state index contributed by atoms with van der Waals surface area (Å²) in [5.41, 5.74) is 5.21. The predicted molar refractivity (Wildman–Crippen MR) is 62.3 cm³/mol. The minimum Gasteiger partial charge on any atom is -0.372 e. The molecule has 1 rings (SSSR count). The second kappa shape index (κ2) is 5.78. The number of primary amides is 1. The first-order chi connectivity index (χ1) is 8.02. The highest BCUT2D eigenvalue weighted by Crippen LogP contribution is 2.01. The fraction of sp³-hybridized carbons (Fsp3) is 0.400. The third-order valence-corrected chi connectivity index (χ3v) is 2.01. The minimum atomic E-state index is -0.465. The van der Waals surface area contributed by atoms with E-state index in [-0.39, 0.29) is 24.1 Å². The highest BCUT2D eigenvalue weighted by atomic mass is 16.2. The van der Waals surface area contributed by atoms with Crippen LogP contribution in [0.1, 0.15) is 23.8 Å². The summed E-state index contributed by atoms with van der Waals surface area (Å²) < 4.78 is 0. The molecule has 7 heteroatoms. The molecular formula is C10H15N5O2. The van der Waals surface area contributed by atoms with Gasteiger partial charge in [-0.25, -0.2) is 4.98 Å². The Morgan fingerprint density at radius 2 is 2.18 bits per heavy atom. The lowest BCUT2D eigenvalue weighted by Crippen LogP contribution is -2.36. The topological polar surface area (TPSA) is 110 Å². The van der Waals surface area contributed by atoms with Crippen molar-refractivity contribution in [2.75, 3.05) is 12.4 Å². The van der Waals surface area contributed by atoms with E-state index >= 15 is 0 Å². The molecular weight excluding hydrogens is 222 g/mol. The number of rotatable bonds is 5. The number of nitrogens with zero attached hydrogens (tertiary/aromatic N) is 2. The van der Waals surface area contributed by atoms with E-state index in [1.165, 1.54) is 12.4 Å². The summed E-state index contributed by atoms with van der Waals surface area (Å²) >= 11 is 0. The number of hydrogen-bond donors (Lipinski definition) is 3. The molecule has 1 aromatic rings. The minimum absolute atomic E-state index is 0.0882. The Morgan fingerprint density at radius 3 is 2.76 bits per heavy atom. The number of amides is 2. The van der Waals surface area contributed by atoms with Crippen LogP contribution in [0.2, 0.25) is 0 Å². The number of hydrogen-bond acceptors (Lipinski definition) is 5. The second-order valence-electron chi connectivity index (χ2n) is 3.58. The van der Waals surface area contributed by atoms with Crippen LogP contribution < -0.4 is 16.4 Å². The Bertz CT molecular complexity index is 421. The first-order valence-electron chi connectivity index (χ1n) is 5.12. The highest BCUT2D eigenvalue weighted by Gasteiger charge is 2.13. The molecule has 1 heterocycles. The van der Waals surface area contributed by atoms with Gasteiger partial charge in [-0.3, -0.25) is 14.6 Å². The summed E-state index contributed by atoms with van der Waals surface area (Å²) in [5.74, 6) is -0.351. The molecule has 0 spiro atoms. The average molecular weight is 237 g/mol. The molecule has 92 valence electrons. The summed E-state index contributed by atoms with van der Waals surface area (Å²) in [6.45, 7) is 1.69. The van der Waals surface area contributed by atoms with E-state index in [9.17, 15) is 9.59 Å². The maximum atomic E-state index is 11.7. The molecule has 1 aromatic heterocycles. The molecule has 7 nitrogen and oxygen atoms in total. The number of nitrogens with one attached hydrogen (secondary N) is 2. The number of anilines is 1. The summed E-state index contributed by atoms with van der Waals surface area (Å²) in [6, 6.07) is -0.333. The molecule has 17 heavy (non-hydrogen) atoms. The standard InChI is InChI=1S/C10H15N5O2/c1-6(3-8(11)16)14-10(17)7-4-13-5-9(12-2)15-7/h4-6H,3H2,1-2H3,(H2,11,16)(H,12,15)(H,14,17). The monoisotopic (exact) mass is 237 g/mol. The van der Waals surface area contributed by atoms with Crippen LogP contribution in [-0.4, -0.2) is 34.9 Å². The maximum Gasteiger partial charge on any atom is 0.271 e. The third kappa shape index (κ3) is 4.06. The van der Waals surface area contributed by atoms with Gasteiger partial charge in [0, 0.05) is 19.5 Å². The zero-order valence-corrected chi connectivity index (χ0v) is 9.73. The first-order valence-corrected chi connectivity index (χ1v) is 5.12. The first kappa shape index (κ1) is 12.9. The molecule has 1 unspecified atom stereocenters. The van der Waals surface area contributed by atoms with Crippen LogP contribution in [0.4, 0.5) is 5.82 Å². The van der Waals surface area contributed by atoms with Gasteiger partial charge in [0.15, 0.2) is 0 Å². The van der Waals surface area contributed by atoms with E-state index in [0.717, 1.165) is 0 Å². The third-order valence-electron chi connectivity index (χ3n) is 2.01. The van der Waals surface area contributed by atoms with Crippen molar-refractivity contribution in [3.63, 3.8) is 0 Å². The fourth-order valence-corrected chi connectivity index (χ4v) is 1.25. The van der Waals surface area contributed by atoms with Crippen molar-refractivity contribution >= 4 is 17.6 Å². The van der Waals surface area contributed by atoms with Gasteiger partial charge in [-0.15, -0.1) is 0 Å². The molecule has 0 aliphatic rings. The molecule has 0 aromatic carbocycles. The molecule has 0 fully saturated rings. The van der Waals surface area contributed by atoms with Crippen LogP contribution in [-0.2, 0) is 4.79 Å². The van der Waals surface area contributed by atoms with Gasteiger partial charge in [0.25, 0.3) is 5.91 Å². The molecule has 0 radical (unpaired) electrons. The molecule has 2 amide bonds. The van der Waals surface area contributed by atoms with Gasteiger partial charge < -0.3 is 16.4 Å². The van der Waals surface area contributed by atoms with E-state index < -0.39 is 5.91 Å². The van der Waals surface area contributed by atoms with Crippen LogP contribution in [0, 0.1) is 0 Å². The SMILES string of the molecule is CNc1cncc(C(=O)NC(C)CC(N)=O)n1. The molecule has 0 bridgehead atoms. The van der Waals surface area contributed by atoms with E-state index in [1.807, 2.05) is 0 Å². The fourth-order valence-electron chi connectivity index (χ4n) is 1.25. The number of carbonyl (C=O) groups excluding carboxylic acids is 2. The molecule has 0 saturated carbocycles. The van der Waals surface area contributed by atoms with Gasteiger partial charge in [-0.05, 0) is 6.92 Å². The zero-order chi connectivity index (χ0) is 12.8. The van der Waals surface area contributed by atoms with Crippen molar-refractivity contribution in [3.8, 4) is 0 Å². The lowest BCUT2D eigenvalue weighted by atomic mass is 10.2.